The number of amides is 1. The van der Waals surface area contributed by atoms with Gasteiger partial charge >= 0.3 is 5.97 Å². The fraction of sp³-hybridized carbons (Fsp3) is 0.692. The number of carboxylic acid groups (broad SMARTS) is 1. The maximum absolute atomic E-state index is 11.2. The lowest BCUT2D eigenvalue weighted by Gasteiger charge is -2.21. The summed E-state index contributed by atoms with van der Waals surface area (Å²) < 4.78 is 0. The van der Waals surface area contributed by atoms with Crippen molar-refractivity contribution < 1.29 is 14.7 Å². The van der Waals surface area contributed by atoms with E-state index < -0.39 is 11.4 Å². The number of carbonyl (C=O) groups excluding carboxylic acids is 1. The molecule has 1 rings (SSSR count). The molecule has 0 radical (unpaired) electrons. The Morgan fingerprint density at radius 3 is 2.47 bits per heavy atom. The van der Waals surface area contributed by atoms with E-state index in [1.165, 1.54) is 6.92 Å². The molecule has 1 fully saturated rings. The summed E-state index contributed by atoms with van der Waals surface area (Å²) in [6, 6.07) is 0. The van der Waals surface area contributed by atoms with Crippen LogP contribution in [-0.2, 0) is 9.59 Å². The van der Waals surface area contributed by atoms with E-state index in [4.69, 9.17) is 0 Å². The highest BCUT2D eigenvalue weighted by Gasteiger charge is 2.39. The highest BCUT2D eigenvalue weighted by Crippen LogP contribution is 2.41. The maximum Gasteiger partial charge on any atom is 0.309 e. The number of hydrogen-bond donors (Lipinski definition) is 2. The zero-order valence-corrected chi connectivity index (χ0v) is 10.4. The van der Waals surface area contributed by atoms with Gasteiger partial charge < -0.3 is 10.4 Å². The molecule has 1 saturated carbocycles. The Balaban J connectivity index is 2.30. The van der Waals surface area contributed by atoms with E-state index in [0.717, 1.165) is 32.1 Å². The van der Waals surface area contributed by atoms with Crippen molar-refractivity contribution in [1.29, 1.82) is 0 Å². The molecule has 4 heteroatoms. The molecule has 0 aromatic carbocycles. The summed E-state index contributed by atoms with van der Waals surface area (Å²) in [4.78, 5) is 21.9. The molecule has 1 aliphatic carbocycles. The molecule has 0 heterocycles. The Labute approximate surface area is 102 Å². The molecule has 0 spiro atoms. The molecule has 0 saturated heterocycles. The van der Waals surface area contributed by atoms with Gasteiger partial charge in [-0.1, -0.05) is 25.0 Å². The van der Waals surface area contributed by atoms with E-state index >= 15 is 0 Å². The van der Waals surface area contributed by atoms with Crippen molar-refractivity contribution in [2.45, 2.75) is 45.4 Å². The van der Waals surface area contributed by atoms with Crippen LogP contribution in [0, 0.1) is 5.41 Å². The number of rotatable bonds is 6. The SMILES string of the molecule is CC(=O)NCCC=CCC1(C(=O)O)CCCC1. The van der Waals surface area contributed by atoms with Gasteiger partial charge in [0, 0.05) is 13.5 Å². The van der Waals surface area contributed by atoms with Crippen molar-refractivity contribution in [2.75, 3.05) is 6.54 Å². The van der Waals surface area contributed by atoms with Crippen LogP contribution >= 0.6 is 0 Å². The lowest BCUT2D eigenvalue weighted by Crippen LogP contribution is -2.26. The molecule has 0 aromatic rings. The first-order chi connectivity index (χ1) is 8.07. The van der Waals surface area contributed by atoms with Gasteiger partial charge in [0.05, 0.1) is 5.41 Å². The first kappa shape index (κ1) is 13.7. The molecule has 1 aliphatic rings. The predicted molar refractivity (Wildman–Crippen MR) is 65.6 cm³/mol. The van der Waals surface area contributed by atoms with Crippen LogP contribution < -0.4 is 5.32 Å². The quantitative estimate of drug-likeness (QED) is 0.551. The third kappa shape index (κ3) is 4.21. The first-order valence-corrected chi connectivity index (χ1v) is 6.20. The topological polar surface area (TPSA) is 66.4 Å². The molecule has 0 atom stereocenters. The first-order valence-electron chi connectivity index (χ1n) is 6.20. The van der Waals surface area contributed by atoms with Crippen molar-refractivity contribution in [3.63, 3.8) is 0 Å². The minimum absolute atomic E-state index is 0.0313. The minimum atomic E-state index is -0.665. The number of nitrogens with one attached hydrogen (secondary N) is 1. The number of allylic oxidation sites excluding steroid dienone is 1. The predicted octanol–water partition coefficient (Wildman–Crippen LogP) is 2.10. The van der Waals surface area contributed by atoms with E-state index in [0.29, 0.717) is 13.0 Å². The van der Waals surface area contributed by atoms with Crippen LogP contribution in [0.3, 0.4) is 0 Å². The van der Waals surface area contributed by atoms with Crippen molar-refractivity contribution in [3.05, 3.63) is 12.2 Å². The number of carbonyl (C=O) groups is 2. The van der Waals surface area contributed by atoms with Crippen molar-refractivity contribution >= 4 is 11.9 Å². The van der Waals surface area contributed by atoms with Gasteiger partial charge in [0.1, 0.15) is 0 Å². The normalized spacial score (nSPS) is 18.4. The van der Waals surface area contributed by atoms with Gasteiger partial charge in [-0.3, -0.25) is 9.59 Å². The van der Waals surface area contributed by atoms with Crippen LogP contribution in [0.5, 0.6) is 0 Å². The van der Waals surface area contributed by atoms with E-state index in [2.05, 4.69) is 5.32 Å². The molecule has 17 heavy (non-hydrogen) atoms. The fourth-order valence-corrected chi connectivity index (χ4v) is 2.32. The van der Waals surface area contributed by atoms with Crippen LogP contribution in [0.1, 0.15) is 45.4 Å². The van der Waals surface area contributed by atoms with E-state index in [1.807, 2.05) is 12.2 Å². The van der Waals surface area contributed by atoms with Crippen LogP contribution in [0.4, 0.5) is 0 Å². The summed E-state index contributed by atoms with van der Waals surface area (Å²) >= 11 is 0. The Hall–Kier alpha value is -1.32. The third-order valence-corrected chi connectivity index (χ3v) is 3.37. The number of carboxylic acids is 1. The zero-order chi connectivity index (χ0) is 12.7. The number of aliphatic carboxylic acids is 1. The van der Waals surface area contributed by atoms with Gasteiger partial charge in [-0.2, -0.15) is 0 Å². The Morgan fingerprint density at radius 1 is 1.29 bits per heavy atom. The molecule has 0 aliphatic heterocycles. The van der Waals surface area contributed by atoms with E-state index in [1.54, 1.807) is 0 Å². The van der Waals surface area contributed by atoms with Crippen molar-refractivity contribution in [3.8, 4) is 0 Å². The van der Waals surface area contributed by atoms with Crippen molar-refractivity contribution in [1.82, 2.24) is 5.32 Å². The summed E-state index contributed by atoms with van der Waals surface area (Å²) in [5.74, 6) is -0.697. The van der Waals surface area contributed by atoms with Crippen LogP contribution in [0.25, 0.3) is 0 Å². The summed E-state index contributed by atoms with van der Waals surface area (Å²) in [5, 5.41) is 11.9. The van der Waals surface area contributed by atoms with Crippen LogP contribution in [0.2, 0.25) is 0 Å². The summed E-state index contributed by atoms with van der Waals surface area (Å²) in [6.45, 7) is 2.10. The summed E-state index contributed by atoms with van der Waals surface area (Å²) in [6.07, 6.45) is 8.90. The van der Waals surface area contributed by atoms with Gasteiger partial charge in [-0.25, -0.2) is 0 Å². The molecular formula is C13H21NO3. The van der Waals surface area contributed by atoms with Gasteiger partial charge in [0.2, 0.25) is 5.91 Å². The summed E-state index contributed by atoms with van der Waals surface area (Å²) in [5.41, 5.74) is -0.523. The second-order valence-electron chi connectivity index (χ2n) is 4.74. The molecule has 96 valence electrons. The standard InChI is InChI=1S/C13H21NO3/c1-11(15)14-10-6-2-3-7-13(12(16)17)8-4-5-9-13/h2-3H,4-10H2,1H3,(H,14,15)(H,16,17). The monoisotopic (exact) mass is 239 g/mol. The van der Waals surface area contributed by atoms with Gasteiger partial charge in [-0.05, 0) is 25.7 Å². The molecule has 0 bridgehead atoms. The minimum Gasteiger partial charge on any atom is -0.481 e. The fourth-order valence-electron chi connectivity index (χ4n) is 2.32. The molecule has 0 unspecified atom stereocenters. The lowest BCUT2D eigenvalue weighted by atomic mass is 9.83. The smallest absolute Gasteiger partial charge is 0.309 e. The van der Waals surface area contributed by atoms with Gasteiger partial charge in [0.15, 0.2) is 0 Å². The lowest BCUT2D eigenvalue weighted by molar-refractivity contribution is -0.148. The summed E-state index contributed by atoms with van der Waals surface area (Å²) in [7, 11) is 0. The van der Waals surface area contributed by atoms with Gasteiger partial charge in [-0.15, -0.1) is 0 Å². The molecule has 2 N–H and O–H groups in total. The third-order valence-electron chi connectivity index (χ3n) is 3.37. The Bertz CT molecular complexity index is 304. The average Bonchev–Trinajstić information content (AvgIpc) is 2.72. The maximum atomic E-state index is 11.2. The Morgan fingerprint density at radius 2 is 1.94 bits per heavy atom. The second kappa shape index (κ2) is 6.42. The highest BCUT2D eigenvalue weighted by molar-refractivity contribution is 5.75. The Kier molecular flexibility index (Phi) is 5.19. The average molecular weight is 239 g/mol. The zero-order valence-electron chi connectivity index (χ0n) is 10.4. The number of hydrogen-bond acceptors (Lipinski definition) is 2. The van der Waals surface area contributed by atoms with E-state index in [-0.39, 0.29) is 5.91 Å². The molecule has 4 nitrogen and oxygen atoms in total. The largest absolute Gasteiger partial charge is 0.481 e. The van der Waals surface area contributed by atoms with E-state index in [9.17, 15) is 14.7 Å². The van der Waals surface area contributed by atoms with Crippen molar-refractivity contribution in [2.24, 2.45) is 5.41 Å². The molecular weight excluding hydrogens is 218 g/mol. The molecule has 0 aromatic heterocycles. The highest BCUT2D eigenvalue weighted by atomic mass is 16.4. The van der Waals surface area contributed by atoms with Gasteiger partial charge in [0.25, 0.3) is 0 Å². The molecule has 1 amide bonds. The second-order valence-corrected chi connectivity index (χ2v) is 4.74. The van der Waals surface area contributed by atoms with Crippen LogP contribution in [-0.4, -0.2) is 23.5 Å². The van der Waals surface area contributed by atoms with Crippen LogP contribution in [0.15, 0.2) is 12.2 Å².